The van der Waals surface area contributed by atoms with Crippen molar-refractivity contribution in [3.05, 3.63) is 23.7 Å². The number of halogens is 5. The summed E-state index contributed by atoms with van der Waals surface area (Å²) in [6, 6.07) is 1.08. The molecule has 0 fully saturated rings. The molecule has 15 heavy (non-hydrogen) atoms. The number of hydrogen-bond acceptors (Lipinski definition) is 2. The van der Waals surface area contributed by atoms with Crippen molar-refractivity contribution >= 4 is 0 Å². The third kappa shape index (κ3) is 2.68. The first-order valence-corrected chi connectivity index (χ1v) is 4.03. The van der Waals surface area contributed by atoms with Crippen molar-refractivity contribution in [2.45, 2.75) is 18.5 Å². The van der Waals surface area contributed by atoms with Gasteiger partial charge in [-0.15, -0.1) is 0 Å². The number of alkyl halides is 5. The van der Waals surface area contributed by atoms with Gasteiger partial charge in [-0.1, -0.05) is 0 Å². The van der Waals surface area contributed by atoms with Crippen LogP contribution in [0.2, 0.25) is 0 Å². The van der Waals surface area contributed by atoms with Crippen molar-refractivity contribution in [2.75, 3.05) is 6.54 Å². The Balaban J connectivity index is 2.94. The van der Waals surface area contributed by atoms with Gasteiger partial charge in [0.05, 0.1) is 0 Å². The summed E-state index contributed by atoms with van der Waals surface area (Å²) in [6.45, 7) is -0.338. The fraction of sp³-hybridized carbons (Fsp3) is 0.500. The van der Waals surface area contributed by atoms with Crippen LogP contribution in [-0.4, -0.2) is 6.54 Å². The Labute approximate surface area is 81.9 Å². The maximum Gasteiger partial charge on any atom is 0.449 e. The predicted octanol–water partition coefficient (Wildman–Crippen LogP) is 2.74. The molecule has 1 heterocycles. The Hall–Kier alpha value is -1.11. The van der Waals surface area contributed by atoms with Crippen LogP contribution in [0, 0.1) is 0 Å². The molecular formula is C8H8F5NO. The highest BCUT2D eigenvalue weighted by molar-refractivity contribution is 5.13. The third-order valence-corrected chi connectivity index (χ3v) is 1.70. The first kappa shape index (κ1) is 12.0. The van der Waals surface area contributed by atoms with Gasteiger partial charge in [0.2, 0.25) is 5.76 Å². The molecule has 2 N–H and O–H groups in total. The SMILES string of the molecule is NCCC(F)(F)c1ccc(C(F)(F)F)o1. The van der Waals surface area contributed by atoms with E-state index in [9.17, 15) is 22.0 Å². The molecule has 0 amide bonds. The van der Waals surface area contributed by atoms with Gasteiger partial charge in [-0.2, -0.15) is 22.0 Å². The van der Waals surface area contributed by atoms with E-state index < -0.39 is 30.0 Å². The Morgan fingerprint density at radius 1 is 1.07 bits per heavy atom. The molecule has 0 bridgehead atoms. The molecule has 1 rings (SSSR count). The molecule has 0 saturated heterocycles. The third-order valence-electron chi connectivity index (χ3n) is 1.70. The van der Waals surface area contributed by atoms with Gasteiger partial charge in [0.25, 0.3) is 0 Å². The van der Waals surface area contributed by atoms with E-state index in [1.807, 2.05) is 0 Å². The molecule has 7 heteroatoms. The summed E-state index contributed by atoms with van der Waals surface area (Å²) in [7, 11) is 0. The van der Waals surface area contributed by atoms with Crippen LogP contribution >= 0.6 is 0 Å². The molecule has 0 unspecified atom stereocenters. The second-order valence-electron chi connectivity index (χ2n) is 2.90. The van der Waals surface area contributed by atoms with E-state index in [0.29, 0.717) is 12.1 Å². The number of furan rings is 1. The van der Waals surface area contributed by atoms with Crippen LogP contribution in [-0.2, 0) is 12.1 Å². The van der Waals surface area contributed by atoms with Crippen molar-refractivity contribution < 1.29 is 26.4 Å². The molecule has 0 aromatic carbocycles. The van der Waals surface area contributed by atoms with Gasteiger partial charge in [0, 0.05) is 6.42 Å². The second-order valence-corrected chi connectivity index (χ2v) is 2.90. The van der Waals surface area contributed by atoms with E-state index in [0.717, 1.165) is 0 Å². The highest BCUT2D eigenvalue weighted by Gasteiger charge is 2.40. The summed E-state index contributed by atoms with van der Waals surface area (Å²) < 4.78 is 66.1. The predicted molar refractivity (Wildman–Crippen MR) is 41.3 cm³/mol. The van der Waals surface area contributed by atoms with Crippen LogP contribution in [0.4, 0.5) is 22.0 Å². The highest BCUT2D eigenvalue weighted by atomic mass is 19.4. The summed E-state index contributed by atoms with van der Waals surface area (Å²) in [5.41, 5.74) is 4.90. The standard InChI is InChI=1S/C8H8F5NO/c9-7(10,3-4-14)5-1-2-6(15-5)8(11,12)13/h1-2H,3-4,14H2. The van der Waals surface area contributed by atoms with Gasteiger partial charge in [-0.3, -0.25) is 0 Å². The second kappa shape index (κ2) is 3.80. The largest absolute Gasteiger partial charge is 0.450 e. The monoisotopic (exact) mass is 229 g/mol. The minimum atomic E-state index is -4.75. The number of hydrogen-bond donors (Lipinski definition) is 1. The Bertz CT molecular complexity index is 330. The molecule has 0 aliphatic rings. The average molecular weight is 229 g/mol. The number of rotatable bonds is 3. The molecular weight excluding hydrogens is 221 g/mol. The topological polar surface area (TPSA) is 39.2 Å². The van der Waals surface area contributed by atoms with Crippen LogP contribution in [0.25, 0.3) is 0 Å². The summed E-state index contributed by atoms with van der Waals surface area (Å²) in [6.07, 6.45) is -5.51. The molecule has 0 spiro atoms. The molecule has 1 aromatic heterocycles. The quantitative estimate of drug-likeness (QED) is 0.809. The summed E-state index contributed by atoms with van der Waals surface area (Å²) in [5.74, 6) is -5.91. The van der Waals surface area contributed by atoms with Crippen molar-refractivity contribution in [1.29, 1.82) is 0 Å². The lowest BCUT2D eigenvalue weighted by molar-refractivity contribution is -0.155. The fourth-order valence-electron chi connectivity index (χ4n) is 0.991. The molecule has 86 valence electrons. The van der Waals surface area contributed by atoms with E-state index in [-0.39, 0.29) is 6.54 Å². The molecule has 0 saturated carbocycles. The van der Waals surface area contributed by atoms with Crippen molar-refractivity contribution in [1.82, 2.24) is 0 Å². The van der Waals surface area contributed by atoms with Crippen LogP contribution in [0.5, 0.6) is 0 Å². The Morgan fingerprint density at radius 3 is 2.00 bits per heavy atom. The van der Waals surface area contributed by atoms with Gasteiger partial charge in [-0.05, 0) is 18.7 Å². The van der Waals surface area contributed by atoms with Crippen LogP contribution in [0.15, 0.2) is 16.5 Å². The first-order chi connectivity index (χ1) is 6.77. The van der Waals surface area contributed by atoms with Crippen molar-refractivity contribution in [2.24, 2.45) is 5.73 Å². The fourth-order valence-corrected chi connectivity index (χ4v) is 0.991. The van der Waals surface area contributed by atoms with Crippen LogP contribution in [0.1, 0.15) is 17.9 Å². The Kier molecular flexibility index (Phi) is 3.03. The average Bonchev–Trinajstić information content (AvgIpc) is 2.50. The minimum absolute atomic E-state index is 0.338. The lowest BCUT2D eigenvalue weighted by atomic mass is 10.2. The van der Waals surface area contributed by atoms with E-state index in [1.165, 1.54) is 0 Å². The number of nitrogens with two attached hydrogens (primary N) is 1. The molecule has 0 aliphatic heterocycles. The zero-order chi connectivity index (χ0) is 11.7. The first-order valence-electron chi connectivity index (χ1n) is 4.03. The maximum absolute atomic E-state index is 13.0. The summed E-state index contributed by atoms with van der Waals surface area (Å²) >= 11 is 0. The Morgan fingerprint density at radius 2 is 1.60 bits per heavy atom. The van der Waals surface area contributed by atoms with E-state index >= 15 is 0 Å². The highest BCUT2D eigenvalue weighted by Crippen LogP contribution is 2.37. The van der Waals surface area contributed by atoms with Gasteiger partial charge in [0.15, 0.2) is 5.76 Å². The summed E-state index contributed by atoms with van der Waals surface area (Å²) in [5, 5.41) is 0. The smallest absolute Gasteiger partial charge is 0.449 e. The van der Waals surface area contributed by atoms with E-state index in [2.05, 4.69) is 4.42 Å². The molecule has 1 aromatic rings. The molecule has 0 atom stereocenters. The van der Waals surface area contributed by atoms with Gasteiger partial charge < -0.3 is 10.2 Å². The van der Waals surface area contributed by atoms with Gasteiger partial charge in [0.1, 0.15) is 0 Å². The molecule has 0 aliphatic carbocycles. The van der Waals surface area contributed by atoms with E-state index in [1.54, 1.807) is 0 Å². The van der Waals surface area contributed by atoms with Gasteiger partial charge >= 0.3 is 12.1 Å². The van der Waals surface area contributed by atoms with Crippen LogP contribution < -0.4 is 5.73 Å². The molecule has 0 radical (unpaired) electrons. The lowest BCUT2D eigenvalue weighted by Gasteiger charge is -2.11. The van der Waals surface area contributed by atoms with Gasteiger partial charge in [-0.25, -0.2) is 0 Å². The van der Waals surface area contributed by atoms with Crippen LogP contribution in [0.3, 0.4) is 0 Å². The maximum atomic E-state index is 13.0. The minimum Gasteiger partial charge on any atom is -0.450 e. The zero-order valence-electron chi connectivity index (χ0n) is 7.44. The molecule has 2 nitrogen and oxygen atoms in total. The normalized spacial score (nSPS) is 13.2. The van der Waals surface area contributed by atoms with E-state index in [4.69, 9.17) is 5.73 Å². The van der Waals surface area contributed by atoms with Crippen molar-refractivity contribution in [3.63, 3.8) is 0 Å². The summed E-state index contributed by atoms with van der Waals surface area (Å²) in [4.78, 5) is 0. The lowest BCUT2D eigenvalue weighted by Crippen LogP contribution is -2.18. The van der Waals surface area contributed by atoms with Crippen molar-refractivity contribution in [3.8, 4) is 0 Å². The zero-order valence-corrected chi connectivity index (χ0v) is 7.44.